The number of rotatable bonds is 4. The van der Waals surface area contributed by atoms with Crippen molar-refractivity contribution < 1.29 is 0 Å². The van der Waals surface area contributed by atoms with Crippen molar-refractivity contribution in [1.82, 2.24) is 9.55 Å². The van der Waals surface area contributed by atoms with Gasteiger partial charge >= 0.3 is 0 Å². The van der Waals surface area contributed by atoms with Gasteiger partial charge in [-0.15, -0.1) is 0 Å². The highest BCUT2D eigenvalue weighted by Gasteiger charge is 2.24. The fraction of sp³-hybridized carbons (Fsp3) is 0.0870. The fourth-order valence-corrected chi connectivity index (χ4v) is 3.91. The Balaban J connectivity index is 1.95. The highest BCUT2D eigenvalue weighted by molar-refractivity contribution is 6.38. The third-order valence-electron chi connectivity index (χ3n) is 4.69. The van der Waals surface area contributed by atoms with E-state index in [-0.39, 0.29) is 5.92 Å². The zero-order valence-corrected chi connectivity index (χ0v) is 16.3. The monoisotopic (exact) mass is 392 g/mol. The lowest BCUT2D eigenvalue weighted by molar-refractivity contribution is 0.822. The molecule has 27 heavy (non-hydrogen) atoms. The van der Waals surface area contributed by atoms with Gasteiger partial charge in [-0.2, -0.15) is 0 Å². The summed E-state index contributed by atoms with van der Waals surface area (Å²) < 4.78 is 2.00. The second kappa shape index (κ2) is 7.59. The predicted molar refractivity (Wildman–Crippen MR) is 112 cm³/mol. The summed E-state index contributed by atoms with van der Waals surface area (Å²) in [5.41, 5.74) is 4.07. The predicted octanol–water partition coefficient (Wildman–Crippen LogP) is 6.67. The van der Waals surface area contributed by atoms with Crippen LogP contribution in [0.4, 0.5) is 0 Å². The number of hydrogen-bond acceptors (Lipinski definition) is 1. The Morgan fingerprint density at radius 2 is 1.41 bits per heavy atom. The number of aromatic nitrogens is 2. The van der Waals surface area contributed by atoms with Crippen LogP contribution in [-0.4, -0.2) is 9.55 Å². The number of halogens is 2. The summed E-state index contributed by atoms with van der Waals surface area (Å²) in [6.45, 7) is 1.98. The molecule has 0 aliphatic rings. The van der Waals surface area contributed by atoms with Crippen LogP contribution in [0.5, 0.6) is 0 Å². The maximum atomic E-state index is 6.63. The van der Waals surface area contributed by atoms with Crippen molar-refractivity contribution in [1.29, 1.82) is 0 Å². The van der Waals surface area contributed by atoms with E-state index in [4.69, 9.17) is 28.2 Å². The summed E-state index contributed by atoms with van der Waals surface area (Å²) in [6.07, 6.45) is 3.71. The molecule has 4 heteroatoms. The van der Waals surface area contributed by atoms with E-state index in [0.717, 1.165) is 28.2 Å². The van der Waals surface area contributed by atoms with Crippen molar-refractivity contribution in [2.75, 3.05) is 0 Å². The van der Waals surface area contributed by atoms with Crippen LogP contribution in [0, 0.1) is 6.92 Å². The molecule has 1 heterocycles. The standard InChI is InChI=1S/C23H18Cl2N2/c1-16-12-13-19(24)22(21(16)25)27-15-14-26-23(27)20(17-8-4-2-5-9-17)18-10-6-3-7-11-18/h2-15,20H,1H3. The molecular formula is C23H18Cl2N2. The first-order valence-corrected chi connectivity index (χ1v) is 9.50. The van der Waals surface area contributed by atoms with Gasteiger partial charge in [0, 0.05) is 12.4 Å². The first-order chi connectivity index (χ1) is 13.2. The SMILES string of the molecule is Cc1ccc(Cl)c(-n2ccnc2C(c2ccccc2)c2ccccc2)c1Cl. The smallest absolute Gasteiger partial charge is 0.125 e. The number of nitrogens with zero attached hydrogens (tertiary/aromatic N) is 2. The van der Waals surface area contributed by atoms with Crippen LogP contribution in [0.25, 0.3) is 5.69 Å². The van der Waals surface area contributed by atoms with Crippen molar-refractivity contribution in [2.45, 2.75) is 12.8 Å². The Morgan fingerprint density at radius 3 is 2.00 bits per heavy atom. The number of imidazole rings is 1. The molecule has 0 aliphatic carbocycles. The third kappa shape index (κ3) is 3.39. The number of hydrogen-bond donors (Lipinski definition) is 0. The van der Waals surface area contributed by atoms with E-state index in [1.165, 1.54) is 0 Å². The summed E-state index contributed by atoms with van der Waals surface area (Å²) in [6, 6.07) is 24.5. The van der Waals surface area contributed by atoms with E-state index in [0.29, 0.717) is 10.0 Å². The van der Waals surface area contributed by atoms with Gasteiger partial charge in [-0.1, -0.05) is 89.9 Å². The Kier molecular flexibility index (Phi) is 5.02. The molecule has 4 rings (SSSR count). The molecule has 2 nitrogen and oxygen atoms in total. The highest BCUT2D eigenvalue weighted by Crippen LogP contribution is 2.37. The topological polar surface area (TPSA) is 17.8 Å². The molecule has 0 saturated carbocycles. The van der Waals surface area contributed by atoms with Gasteiger partial charge in [0.15, 0.2) is 0 Å². The maximum absolute atomic E-state index is 6.63. The number of aryl methyl sites for hydroxylation is 1. The summed E-state index contributed by atoms with van der Waals surface area (Å²) in [5, 5.41) is 1.24. The summed E-state index contributed by atoms with van der Waals surface area (Å²) in [4.78, 5) is 4.70. The van der Waals surface area contributed by atoms with Gasteiger partial charge in [-0.05, 0) is 29.7 Å². The van der Waals surface area contributed by atoms with Crippen LogP contribution >= 0.6 is 23.2 Å². The normalized spacial score (nSPS) is 11.1. The van der Waals surface area contributed by atoms with E-state index in [2.05, 4.69) is 24.3 Å². The largest absolute Gasteiger partial charge is 0.300 e. The minimum atomic E-state index is -0.0324. The Bertz CT molecular complexity index is 1020. The van der Waals surface area contributed by atoms with Crippen LogP contribution in [0.3, 0.4) is 0 Å². The Labute approximate surface area is 169 Å². The van der Waals surface area contributed by atoms with Crippen molar-refractivity contribution in [3.63, 3.8) is 0 Å². The third-order valence-corrected chi connectivity index (χ3v) is 5.48. The van der Waals surface area contributed by atoms with E-state index >= 15 is 0 Å². The average Bonchev–Trinajstić information content (AvgIpc) is 3.16. The first kappa shape index (κ1) is 17.8. The zero-order valence-electron chi connectivity index (χ0n) is 14.8. The minimum absolute atomic E-state index is 0.0324. The highest BCUT2D eigenvalue weighted by atomic mass is 35.5. The molecule has 0 unspecified atom stereocenters. The minimum Gasteiger partial charge on any atom is -0.300 e. The van der Waals surface area contributed by atoms with Crippen LogP contribution in [-0.2, 0) is 0 Å². The second-order valence-corrected chi connectivity index (χ2v) is 7.22. The first-order valence-electron chi connectivity index (χ1n) is 8.75. The molecule has 0 saturated heterocycles. The van der Waals surface area contributed by atoms with Gasteiger partial charge in [0.05, 0.1) is 21.7 Å². The molecule has 3 aromatic carbocycles. The lowest BCUT2D eigenvalue weighted by Crippen LogP contribution is -2.11. The molecule has 0 fully saturated rings. The second-order valence-electron chi connectivity index (χ2n) is 6.44. The molecule has 1 aromatic heterocycles. The molecule has 0 N–H and O–H groups in total. The fourth-order valence-electron chi connectivity index (χ4n) is 3.36. The average molecular weight is 393 g/mol. The summed E-state index contributed by atoms with van der Waals surface area (Å²) in [7, 11) is 0. The van der Waals surface area contributed by atoms with Gasteiger partial charge in [-0.25, -0.2) is 4.98 Å². The molecule has 134 valence electrons. The molecule has 0 spiro atoms. The number of benzene rings is 3. The maximum Gasteiger partial charge on any atom is 0.125 e. The van der Waals surface area contributed by atoms with E-state index in [1.54, 1.807) is 6.20 Å². The van der Waals surface area contributed by atoms with Crippen molar-refractivity contribution >= 4 is 23.2 Å². The van der Waals surface area contributed by atoms with Gasteiger partial charge in [0.25, 0.3) is 0 Å². The van der Waals surface area contributed by atoms with Gasteiger partial charge < -0.3 is 0 Å². The Morgan fingerprint density at radius 1 is 0.815 bits per heavy atom. The van der Waals surface area contributed by atoms with E-state index in [1.807, 2.05) is 66.2 Å². The van der Waals surface area contributed by atoms with Crippen molar-refractivity contribution in [3.8, 4) is 5.69 Å². The van der Waals surface area contributed by atoms with E-state index in [9.17, 15) is 0 Å². The molecule has 0 radical (unpaired) electrons. The molecule has 0 aliphatic heterocycles. The zero-order chi connectivity index (χ0) is 18.8. The molecule has 0 bridgehead atoms. The van der Waals surface area contributed by atoms with Gasteiger partial charge in [0.2, 0.25) is 0 Å². The van der Waals surface area contributed by atoms with Gasteiger partial charge in [0.1, 0.15) is 5.82 Å². The molecular weight excluding hydrogens is 375 g/mol. The molecule has 0 amide bonds. The quantitative estimate of drug-likeness (QED) is 0.379. The van der Waals surface area contributed by atoms with Crippen molar-refractivity contribution in [2.24, 2.45) is 0 Å². The van der Waals surface area contributed by atoms with Crippen LogP contribution in [0.15, 0.2) is 85.2 Å². The van der Waals surface area contributed by atoms with E-state index < -0.39 is 0 Å². The summed E-state index contributed by atoms with van der Waals surface area (Å²) in [5.74, 6) is 0.844. The molecule has 4 aromatic rings. The Hall–Kier alpha value is -2.55. The van der Waals surface area contributed by atoms with Crippen molar-refractivity contribution in [3.05, 3.63) is 118 Å². The van der Waals surface area contributed by atoms with Crippen LogP contribution in [0.2, 0.25) is 10.0 Å². The van der Waals surface area contributed by atoms with Crippen LogP contribution < -0.4 is 0 Å². The lowest BCUT2D eigenvalue weighted by atomic mass is 9.90. The van der Waals surface area contributed by atoms with Crippen LogP contribution in [0.1, 0.15) is 28.4 Å². The lowest BCUT2D eigenvalue weighted by Gasteiger charge is -2.21. The van der Waals surface area contributed by atoms with Gasteiger partial charge in [-0.3, -0.25) is 4.57 Å². The molecule has 0 atom stereocenters. The summed E-state index contributed by atoms with van der Waals surface area (Å²) >= 11 is 13.2.